The number of halogens is 1. The first-order valence-electron chi connectivity index (χ1n) is 6.72. The van der Waals surface area contributed by atoms with Gasteiger partial charge in [0.1, 0.15) is 0 Å². The molecule has 1 aliphatic heterocycles. The zero-order valence-corrected chi connectivity index (χ0v) is 12.4. The van der Waals surface area contributed by atoms with Crippen molar-refractivity contribution in [2.75, 3.05) is 19.6 Å². The summed E-state index contributed by atoms with van der Waals surface area (Å²) in [5, 5.41) is 10.9. The predicted molar refractivity (Wildman–Crippen MR) is 81.8 cm³/mol. The minimum Gasteiger partial charge on any atom is -0.312 e. The van der Waals surface area contributed by atoms with Crippen LogP contribution in [0, 0.1) is 0 Å². The standard InChI is InChI=1S/C14H19N5.ClH/c1-11-9-19(6-5-16-11)10-13-7-14(18-17-13)12-3-2-4-15-8-12;/h2-4,7-8,11,16H,5-6,9-10H2,1H3,(H,17,18);1H. The van der Waals surface area contributed by atoms with Crippen LogP contribution < -0.4 is 5.32 Å². The van der Waals surface area contributed by atoms with Crippen LogP contribution >= 0.6 is 12.4 Å². The molecule has 2 aromatic rings. The predicted octanol–water partition coefficient (Wildman–Crippen LogP) is 1.69. The number of H-pyrrole nitrogens is 1. The summed E-state index contributed by atoms with van der Waals surface area (Å²) in [4.78, 5) is 6.57. The molecule has 1 atom stereocenters. The third kappa shape index (κ3) is 3.56. The van der Waals surface area contributed by atoms with Crippen LogP contribution in [0.15, 0.2) is 30.6 Å². The van der Waals surface area contributed by atoms with Gasteiger partial charge in [-0.25, -0.2) is 0 Å². The Kier molecular flexibility index (Phi) is 5.11. The molecule has 108 valence electrons. The molecular formula is C14H20ClN5. The minimum atomic E-state index is 0. The largest absolute Gasteiger partial charge is 0.312 e. The first-order valence-corrected chi connectivity index (χ1v) is 6.72. The van der Waals surface area contributed by atoms with Crippen molar-refractivity contribution in [2.45, 2.75) is 19.5 Å². The Hall–Kier alpha value is -1.43. The molecule has 1 aliphatic rings. The van der Waals surface area contributed by atoms with Crippen molar-refractivity contribution in [3.8, 4) is 11.3 Å². The molecule has 0 aromatic carbocycles. The maximum atomic E-state index is 4.36. The monoisotopic (exact) mass is 293 g/mol. The molecule has 3 rings (SSSR count). The first kappa shape index (κ1) is 15.0. The average Bonchev–Trinajstić information content (AvgIpc) is 2.88. The highest BCUT2D eigenvalue weighted by Crippen LogP contribution is 2.17. The molecule has 5 nitrogen and oxygen atoms in total. The summed E-state index contributed by atoms with van der Waals surface area (Å²) in [5.74, 6) is 0. The molecule has 20 heavy (non-hydrogen) atoms. The fourth-order valence-electron chi connectivity index (χ4n) is 2.50. The molecule has 0 spiro atoms. The lowest BCUT2D eigenvalue weighted by Crippen LogP contribution is -2.48. The molecule has 0 amide bonds. The number of nitrogens with one attached hydrogen (secondary N) is 2. The fraction of sp³-hybridized carbons (Fsp3) is 0.429. The summed E-state index contributed by atoms with van der Waals surface area (Å²) in [6.45, 7) is 6.39. The van der Waals surface area contributed by atoms with Crippen LogP contribution in [0.1, 0.15) is 12.6 Å². The Balaban J connectivity index is 0.00000147. The van der Waals surface area contributed by atoms with Crippen LogP contribution in [0.2, 0.25) is 0 Å². The van der Waals surface area contributed by atoms with Crippen LogP contribution in [0.25, 0.3) is 11.3 Å². The van der Waals surface area contributed by atoms with Crippen LogP contribution in [-0.4, -0.2) is 45.8 Å². The van der Waals surface area contributed by atoms with Gasteiger partial charge in [0.2, 0.25) is 0 Å². The van der Waals surface area contributed by atoms with Crippen molar-refractivity contribution in [1.82, 2.24) is 25.4 Å². The molecule has 0 radical (unpaired) electrons. The van der Waals surface area contributed by atoms with Crippen molar-refractivity contribution in [3.63, 3.8) is 0 Å². The number of piperazine rings is 1. The molecule has 0 aliphatic carbocycles. The molecule has 1 fully saturated rings. The molecule has 0 bridgehead atoms. The summed E-state index contributed by atoms with van der Waals surface area (Å²) in [7, 11) is 0. The second kappa shape index (κ2) is 6.83. The number of aromatic nitrogens is 3. The van der Waals surface area contributed by atoms with E-state index in [1.165, 1.54) is 0 Å². The lowest BCUT2D eigenvalue weighted by molar-refractivity contribution is 0.197. The van der Waals surface area contributed by atoms with E-state index in [1.54, 1.807) is 6.20 Å². The van der Waals surface area contributed by atoms with E-state index in [2.05, 4.69) is 38.4 Å². The van der Waals surface area contributed by atoms with Crippen molar-refractivity contribution < 1.29 is 0 Å². The summed E-state index contributed by atoms with van der Waals surface area (Å²) in [6.07, 6.45) is 3.62. The number of nitrogens with zero attached hydrogens (tertiary/aromatic N) is 3. The van der Waals surface area contributed by atoms with Gasteiger partial charge in [-0.3, -0.25) is 15.0 Å². The fourth-order valence-corrected chi connectivity index (χ4v) is 2.50. The zero-order valence-electron chi connectivity index (χ0n) is 11.5. The second-order valence-corrected chi connectivity index (χ2v) is 5.11. The van der Waals surface area contributed by atoms with Gasteiger partial charge in [0.15, 0.2) is 0 Å². The number of pyridine rings is 1. The summed E-state index contributed by atoms with van der Waals surface area (Å²) in [5.41, 5.74) is 3.18. The SMILES string of the molecule is CC1CN(Cc2cc(-c3cccnc3)n[nH]2)CCN1.Cl. The maximum absolute atomic E-state index is 4.36. The van der Waals surface area contributed by atoms with Gasteiger partial charge >= 0.3 is 0 Å². The highest BCUT2D eigenvalue weighted by molar-refractivity contribution is 5.85. The molecular weight excluding hydrogens is 274 g/mol. The normalized spacial score (nSPS) is 19.6. The van der Waals surface area contributed by atoms with Crippen molar-refractivity contribution in [2.24, 2.45) is 0 Å². The number of hydrogen-bond acceptors (Lipinski definition) is 4. The van der Waals surface area contributed by atoms with Crippen LogP contribution in [0.3, 0.4) is 0 Å². The topological polar surface area (TPSA) is 56.8 Å². The molecule has 2 aromatic heterocycles. The smallest absolute Gasteiger partial charge is 0.0939 e. The first-order chi connectivity index (χ1) is 9.31. The van der Waals surface area contributed by atoms with Crippen molar-refractivity contribution >= 4 is 12.4 Å². The Bertz CT molecular complexity index is 527. The molecule has 0 saturated carbocycles. The quantitative estimate of drug-likeness (QED) is 0.904. The van der Waals surface area contributed by atoms with Gasteiger partial charge in [0.25, 0.3) is 0 Å². The van der Waals surface area contributed by atoms with E-state index in [0.29, 0.717) is 6.04 Å². The van der Waals surface area contributed by atoms with Crippen molar-refractivity contribution in [3.05, 3.63) is 36.3 Å². The molecule has 1 saturated heterocycles. The van der Waals surface area contributed by atoms with E-state index < -0.39 is 0 Å². The molecule has 2 N–H and O–H groups in total. The van der Waals surface area contributed by atoms with Gasteiger partial charge in [0, 0.05) is 55.9 Å². The van der Waals surface area contributed by atoms with E-state index in [0.717, 1.165) is 43.1 Å². The Morgan fingerprint density at radius 1 is 1.45 bits per heavy atom. The van der Waals surface area contributed by atoms with Crippen molar-refractivity contribution in [1.29, 1.82) is 0 Å². The zero-order chi connectivity index (χ0) is 13.1. The Morgan fingerprint density at radius 2 is 2.35 bits per heavy atom. The van der Waals surface area contributed by atoms with Crippen LogP contribution in [0.5, 0.6) is 0 Å². The highest BCUT2D eigenvalue weighted by Gasteiger charge is 2.16. The number of rotatable bonds is 3. The van der Waals surface area contributed by atoms with E-state index in [1.807, 2.05) is 18.3 Å². The Labute approximate surface area is 125 Å². The summed E-state index contributed by atoms with van der Waals surface area (Å²) < 4.78 is 0. The average molecular weight is 294 g/mol. The lowest BCUT2D eigenvalue weighted by atomic mass is 10.2. The Morgan fingerprint density at radius 3 is 3.10 bits per heavy atom. The highest BCUT2D eigenvalue weighted by atomic mass is 35.5. The molecule has 6 heteroatoms. The van der Waals surface area contributed by atoms with Gasteiger partial charge < -0.3 is 5.32 Å². The number of aromatic amines is 1. The number of hydrogen-bond donors (Lipinski definition) is 2. The van der Waals surface area contributed by atoms with Gasteiger partial charge in [0.05, 0.1) is 5.69 Å². The van der Waals surface area contributed by atoms with Gasteiger partial charge in [-0.05, 0) is 25.1 Å². The van der Waals surface area contributed by atoms with E-state index in [9.17, 15) is 0 Å². The maximum Gasteiger partial charge on any atom is 0.0939 e. The van der Waals surface area contributed by atoms with E-state index in [-0.39, 0.29) is 12.4 Å². The summed E-state index contributed by atoms with van der Waals surface area (Å²) in [6, 6.07) is 6.64. The van der Waals surface area contributed by atoms with E-state index >= 15 is 0 Å². The van der Waals surface area contributed by atoms with Gasteiger partial charge in [-0.2, -0.15) is 5.10 Å². The van der Waals surface area contributed by atoms with Crippen LogP contribution in [0.4, 0.5) is 0 Å². The van der Waals surface area contributed by atoms with E-state index in [4.69, 9.17) is 0 Å². The van der Waals surface area contributed by atoms with Crippen LogP contribution in [-0.2, 0) is 6.54 Å². The third-order valence-electron chi connectivity index (χ3n) is 3.44. The van der Waals surface area contributed by atoms with Gasteiger partial charge in [-0.15, -0.1) is 12.4 Å². The summed E-state index contributed by atoms with van der Waals surface area (Å²) >= 11 is 0. The van der Waals surface area contributed by atoms with Gasteiger partial charge in [-0.1, -0.05) is 0 Å². The second-order valence-electron chi connectivity index (χ2n) is 5.11. The third-order valence-corrected chi connectivity index (χ3v) is 3.44. The lowest BCUT2D eigenvalue weighted by Gasteiger charge is -2.31. The minimum absolute atomic E-state index is 0. The molecule has 1 unspecified atom stereocenters. The molecule has 3 heterocycles.